The molecule has 0 aromatic rings. The van der Waals surface area contributed by atoms with Crippen LogP contribution in [0.2, 0.25) is 0 Å². The molecule has 0 amide bonds. The minimum Gasteiger partial charge on any atom is 0 e. The smallest absolute Gasteiger partial charge is 0 e. The van der Waals surface area contributed by atoms with E-state index in [0.29, 0.717) is 0 Å². The number of hydrogen-bond donors (Lipinski definition) is 0. The van der Waals surface area contributed by atoms with Crippen molar-refractivity contribution in [3.05, 3.63) is 0 Å². The first kappa shape index (κ1) is 89.9. The quantitative estimate of drug-likeness (QED) is 0.575. The van der Waals surface area contributed by atoms with Crippen LogP contribution >= 0.6 is 74.4 Å². The summed E-state index contributed by atoms with van der Waals surface area (Å²) in [4.78, 5) is 0. The topological polar surface area (TPSA) is 0 Å². The van der Waals surface area contributed by atoms with Crippen molar-refractivity contribution in [2.75, 3.05) is 0 Å². The summed E-state index contributed by atoms with van der Waals surface area (Å²) < 4.78 is 0. The van der Waals surface area contributed by atoms with Gasteiger partial charge in [0.25, 0.3) is 0 Å². The average molecular weight is 365 g/mol. The van der Waals surface area contributed by atoms with Crippen LogP contribution in [0.3, 0.4) is 0 Å². The third-order valence-electron chi connectivity index (χ3n) is 0. The summed E-state index contributed by atoms with van der Waals surface area (Å²) in [6.07, 6.45) is 0. The maximum Gasteiger partial charge on any atom is 0 e. The zero-order valence-corrected chi connectivity index (χ0v) is 9.22. The first-order valence-corrected chi connectivity index (χ1v) is 0. The first-order valence-electron chi connectivity index (χ1n) is 0. The van der Waals surface area contributed by atoms with E-state index in [9.17, 15) is 0 Å². The van der Waals surface area contributed by atoms with Crippen molar-refractivity contribution in [2.45, 2.75) is 0 Å². The van der Waals surface area contributed by atoms with E-state index in [1.165, 1.54) is 0 Å². The Morgan fingerprint density at radius 3 is 0.375 bits per heavy atom. The summed E-state index contributed by atoms with van der Waals surface area (Å²) in [5.74, 6) is 0. The average Bonchev–Trinajstić information content (AvgIpc) is 0. The molecule has 8 heteroatoms. The maximum absolute atomic E-state index is 0. The van der Waals surface area contributed by atoms with Gasteiger partial charge >= 0.3 is 51.4 Å². The third-order valence-corrected chi connectivity index (χ3v) is 0. The Bertz CT molecular complexity index is 8.49. The van der Waals surface area contributed by atoms with Crippen LogP contribution in [0.1, 0.15) is 0 Å². The summed E-state index contributed by atoms with van der Waals surface area (Å²) in [6, 6.07) is 0. The van der Waals surface area contributed by atoms with Gasteiger partial charge in [-0.2, -0.15) is 0 Å². The van der Waals surface area contributed by atoms with Gasteiger partial charge in [-0.25, -0.2) is 0 Å². The Morgan fingerprint density at radius 2 is 0.375 bits per heavy atom. The van der Waals surface area contributed by atoms with Gasteiger partial charge < -0.3 is 0 Å². The van der Waals surface area contributed by atoms with Gasteiger partial charge in [-0.1, -0.05) is 0 Å². The van der Waals surface area contributed by atoms with Gasteiger partial charge in [0.1, 0.15) is 0 Å². The number of halogens is 6. The Balaban J connectivity index is 0. The molecule has 0 aromatic heterocycles. The maximum atomic E-state index is 0. The standard InChI is InChI=1S/6ClH.K.Pd.H/h6*1H;;;. The van der Waals surface area contributed by atoms with E-state index in [1.54, 1.807) is 0 Å². The Labute approximate surface area is 143 Å². The van der Waals surface area contributed by atoms with Crippen molar-refractivity contribution < 1.29 is 20.4 Å². The fourth-order valence-corrected chi connectivity index (χ4v) is 0. The van der Waals surface area contributed by atoms with Crippen LogP contribution < -0.4 is 0 Å². The molecule has 0 aliphatic heterocycles. The van der Waals surface area contributed by atoms with E-state index in [0.717, 1.165) is 0 Å². The number of hydrogen-bond acceptors (Lipinski definition) is 0. The molecule has 0 saturated carbocycles. The van der Waals surface area contributed by atoms with Crippen LogP contribution in [0.4, 0.5) is 0 Å². The van der Waals surface area contributed by atoms with Gasteiger partial charge in [0.05, 0.1) is 0 Å². The van der Waals surface area contributed by atoms with Crippen LogP contribution in [-0.4, -0.2) is 51.4 Å². The van der Waals surface area contributed by atoms with Crippen molar-refractivity contribution in [3.63, 3.8) is 0 Å². The normalized spacial score (nSPS) is 0. The van der Waals surface area contributed by atoms with E-state index in [1.807, 2.05) is 0 Å². The molecule has 0 aliphatic carbocycles. The molecule has 0 nitrogen and oxygen atoms in total. The molecule has 0 bridgehead atoms. The Morgan fingerprint density at radius 1 is 0.375 bits per heavy atom. The number of rotatable bonds is 0. The fourth-order valence-electron chi connectivity index (χ4n) is 0. The van der Waals surface area contributed by atoms with E-state index in [2.05, 4.69) is 0 Å². The second-order valence-electron chi connectivity index (χ2n) is 0. The zero-order chi connectivity index (χ0) is 0. The molecule has 0 unspecified atom stereocenters. The molecule has 0 N–H and O–H groups in total. The molecule has 0 atom stereocenters. The molecule has 0 saturated heterocycles. The molecule has 0 aliphatic rings. The molecule has 0 radical (unpaired) electrons. The molecule has 0 fully saturated rings. The second-order valence-corrected chi connectivity index (χ2v) is 0. The summed E-state index contributed by atoms with van der Waals surface area (Å²) in [5.41, 5.74) is 0. The van der Waals surface area contributed by atoms with Crippen molar-refractivity contribution in [1.82, 2.24) is 0 Å². The van der Waals surface area contributed by atoms with Crippen LogP contribution in [0.25, 0.3) is 0 Å². The van der Waals surface area contributed by atoms with Crippen LogP contribution in [0, 0.1) is 0 Å². The van der Waals surface area contributed by atoms with E-state index in [-0.39, 0.29) is 146 Å². The summed E-state index contributed by atoms with van der Waals surface area (Å²) in [5, 5.41) is 0. The van der Waals surface area contributed by atoms with Crippen LogP contribution in [0.5, 0.6) is 0 Å². The van der Waals surface area contributed by atoms with Crippen LogP contribution in [-0.2, 0) is 20.4 Å². The Hall–Kier alpha value is 4.04. The predicted molar refractivity (Wildman–Crippen MR) is 50.6 cm³/mol. The van der Waals surface area contributed by atoms with E-state index >= 15 is 0 Å². The minimum atomic E-state index is 0. The molecule has 0 rings (SSSR count). The van der Waals surface area contributed by atoms with Gasteiger partial charge in [0.2, 0.25) is 0 Å². The van der Waals surface area contributed by atoms with Crippen LogP contribution in [0.15, 0.2) is 0 Å². The molecule has 60 valence electrons. The molecule has 8 heavy (non-hydrogen) atoms. The third kappa shape index (κ3) is 50.3. The van der Waals surface area contributed by atoms with E-state index in [4.69, 9.17) is 0 Å². The summed E-state index contributed by atoms with van der Waals surface area (Å²) >= 11 is 0. The second kappa shape index (κ2) is 68.2. The van der Waals surface area contributed by atoms with E-state index < -0.39 is 0 Å². The van der Waals surface area contributed by atoms with Crippen molar-refractivity contribution in [3.8, 4) is 0 Å². The van der Waals surface area contributed by atoms with Gasteiger partial charge in [-0.15, -0.1) is 74.4 Å². The fraction of sp³-hybridized carbons (Fsp3) is 0. The van der Waals surface area contributed by atoms with Crippen molar-refractivity contribution in [1.29, 1.82) is 0 Å². The molecule has 0 aromatic carbocycles. The summed E-state index contributed by atoms with van der Waals surface area (Å²) in [6.45, 7) is 0. The molecular formula is H7Cl6KPd. The van der Waals surface area contributed by atoms with Gasteiger partial charge in [0, 0.05) is 20.4 Å². The first-order chi connectivity index (χ1) is 0. The van der Waals surface area contributed by atoms with Gasteiger partial charge in [0.15, 0.2) is 0 Å². The Kier molecular flexibility index (Phi) is 767. The van der Waals surface area contributed by atoms with Crippen molar-refractivity contribution >= 4 is 126 Å². The SMILES string of the molecule is Cl.Cl.Cl.Cl.Cl.Cl.[KH].[Pd]. The zero-order valence-electron chi connectivity index (χ0n) is 2.77. The largest absolute Gasteiger partial charge is 0 e. The molecular weight excluding hydrogens is 358 g/mol. The van der Waals surface area contributed by atoms with Gasteiger partial charge in [-0.05, 0) is 0 Å². The monoisotopic (exact) mass is 362 g/mol. The molecule has 0 heterocycles. The minimum absolute atomic E-state index is 0. The van der Waals surface area contributed by atoms with Gasteiger partial charge in [-0.3, -0.25) is 0 Å². The molecule has 0 spiro atoms. The predicted octanol–water partition coefficient (Wildman–Crippen LogP) is 1.88. The summed E-state index contributed by atoms with van der Waals surface area (Å²) in [7, 11) is 0. The van der Waals surface area contributed by atoms with Crippen molar-refractivity contribution in [2.24, 2.45) is 0 Å².